The molecule has 2 heterocycles. The van der Waals surface area contributed by atoms with Gasteiger partial charge in [0.25, 0.3) is 0 Å². The fourth-order valence-electron chi connectivity index (χ4n) is 2.11. The number of hydrogen-bond donors (Lipinski definition) is 0. The van der Waals surface area contributed by atoms with Gasteiger partial charge in [-0.1, -0.05) is 0 Å². The Morgan fingerprint density at radius 2 is 2.09 bits per heavy atom. The largest absolute Gasteiger partial charge is 0.350 e. The summed E-state index contributed by atoms with van der Waals surface area (Å²) in [5, 5.41) is 0. The molecule has 2 aliphatic rings. The second-order valence-corrected chi connectivity index (χ2v) is 3.68. The second kappa shape index (κ2) is 2.76. The van der Waals surface area contributed by atoms with Gasteiger partial charge in [-0.15, -0.1) is 0 Å². The van der Waals surface area contributed by atoms with Gasteiger partial charge in [0.15, 0.2) is 5.79 Å². The molecule has 0 bridgehead atoms. The molecule has 0 aliphatic carbocycles. The minimum Gasteiger partial charge on any atom is -0.350 e. The van der Waals surface area contributed by atoms with Crippen LogP contribution in [0.4, 0.5) is 0 Å². The van der Waals surface area contributed by atoms with Gasteiger partial charge in [0, 0.05) is 12.8 Å². The molecule has 2 aliphatic heterocycles. The van der Waals surface area contributed by atoms with Gasteiger partial charge in [-0.25, -0.2) is 0 Å². The topological polar surface area (TPSA) is 18.5 Å². The van der Waals surface area contributed by atoms with E-state index in [4.69, 9.17) is 9.47 Å². The third kappa shape index (κ3) is 1.42. The van der Waals surface area contributed by atoms with E-state index in [1.165, 1.54) is 19.3 Å². The van der Waals surface area contributed by atoms with Crippen LogP contribution in [0.1, 0.15) is 39.0 Å². The van der Waals surface area contributed by atoms with Crippen LogP contribution in [0.3, 0.4) is 0 Å². The molecule has 64 valence electrons. The van der Waals surface area contributed by atoms with Gasteiger partial charge >= 0.3 is 0 Å². The zero-order valence-corrected chi connectivity index (χ0v) is 7.14. The Bertz CT molecular complexity index is 138. The quantitative estimate of drug-likeness (QED) is 0.534. The van der Waals surface area contributed by atoms with Gasteiger partial charge in [0.2, 0.25) is 0 Å². The molecule has 2 rings (SSSR count). The van der Waals surface area contributed by atoms with Crippen LogP contribution >= 0.6 is 0 Å². The Hall–Kier alpha value is -0.0800. The van der Waals surface area contributed by atoms with Crippen molar-refractivity contribution in [1.82, 2.24) is 0 Å². The van der Waals surface area contributed by atoms with Crippen LogP contribution in [0.5, 0.6) is 0 Å². The molecular weight excluding hydrogens is 140 g/mol. The summed E-state index contributed by atoms with van der Waals surface area (Å²) in [5.74, 6) is -0.155. The zero-order chi connectivity index (χ0) is 7.73. The molecule has 11 heavy (non-hydrogen) atoms. The average molecular weight is 156 g/mol. The number of rotatable bonds is 0. The van der Waals surface area contributed by atoms with E-state index in [-0.39, 0.29) is 5.79 Å². The molecule has 1 unspecified atom stereocenters. The highest BCUT2D eigenvalue weighted by Crippen LogP contribution is 2.37. The maximum absolute atomic E-state index is 5.81. The molecule has 0 saturated carbocycles. The third-order valence-corrected chi connectivity index (χ3v) is 2.65. The van der Waals surface area contributed by atoms with Gasteiger partial charge in [-0.3, -0.25) is 0 Å². The van der Waals surface area contributed by atoms with Crippen molar-refractivity contribution in [2.45, 2.75) is 50.9 Å². The Kier molecular flexibility index (Phi) is 1.90. The maximum Gasteiger partial charge on any atom is 0.168 e. The van der Waals surface area contributed by atoms with E-state index in [2.05, 4.69) is 6.92 Å². The van der Waals surface area contributed by atoms with E-state index in [1.807, 2.05) is 0 Å². The van der Waals surface area contributed by atoms with Gasteiger partial charge in [-0.05, 0) is 26.2 Å². The summed E-state index contributed by atoms with van der Waals surface area (Å²) in [6.45, 7) is 3.04. The summed E-state index contributed by atoms with van der Waals surface area (Å²) in [5.41, 5.74) is 0. The summed E-state index contributed by atoms with van der Waals surface area (Å²) in [7, 11) is 0. The molecule has 2 heteroatoms. The molecule has 0 aromatic rings. The highest BCUT2D eigenvalue weighted by molar-refractivity contribution is 4.80. The fourth-order valence-corrected chi connectivity index (χ4v) is 2.11. The Balaban J connectivity index is 2.00. The fraction of sp³-hybridized carbons (Fsp3) is 1.00. The minimum absolute atomic E-state index is 0.155. The van der Waals surface area contributed by atoms with E-state index in [1.54, 1.807) is 0 Å². The van der Waals surface area contributed by atoms with Gasteiger partial charge < -0.3 is 9.47 Å². The predicted molar refractivity (Wildman–Crippen MR) is 42.3 cm³/mol. The smallest absolute Gasteiger partial charge is 0.168 e. The van der Waals surface area contributed by atoms with Crippen LogP contribution in [0.2, 0.25) is 0 Å². The van der Waals surface area contributed by atoms with Crippen molar-refractivity contribution < 1.29 is 9.47 Å². The molecule has 0 aromatic carbocycles. The highest BCUT2D eigenvalue weighted by atomic mass is 16.7. The van der Waals surface area contributed by atoms with Crippen LogP contribution in [0.25, 0.3) is 0 Å². The van der Waals surface area contributed by atoms with E-state index in [0.717, 1.165) is 19.4 Å². The van der Waals surface area contributed by atoms with Crippen molar-refractivity contribution in [3.8, 4) is 0 Å². The van der Waals surface area contributed by atoms with E-state index < -0.39 is 0 Å². The average Bonchev–Trinajstić information content (AvgIpc) is 2.37. The van der Waals surface area contributed by atoms with Crippen LogP contribution in [0.15, 0.2) is 0 Å². The monoisotopic (exact) mass is 156 g/mol. The molecule has 0 amide bonds. The molecule has 2 atom stereocenters. The lowest BCUT2D eigenvalue weighted by Crippen LogP contribution is -2.38. The zero-order valence-electron chi connectivity index (χ0n) is 7.14. The van der Waals surface area contributed by atoms with Crippen LogP contribution in [-0.2, 0) is 9.47 Å². The Morgan fingerprint density at radius 3 is 2.73 bits per heavy atom. The first kappa shape index (κ1) is 7.56. The molecular formula is C9H16O2. The van der Waals surface area contributed by atoms with Crippen LogP contribution in [-0.4, -0.2) is 18.5 Å². The van der Waals surface area contributed by atoms with Crippen molar-refractivity contribution in [2.24, 2.45) is 0 Å². The van der Waals surface area contributed by atoms with Gasteiger partial charge in [0.1, 0.15) is 0 Å². The van der Waals surface area contributed by atoms with Crippen LogP contribution in [0, 0.1) is 0 Å². The summed E-state index contributed by atoms with van der Waals surface area (Å²) < 4.78 is 11.4. The molecule has 2 fully saturated rings. The second-order valence-electron chi connectivity index (χ2n) is 3.68. The summed E-state index contributed by atoms with van der Waals surface area (Å²) >= 11 is 0. The standard InChI is InChI=1S/C9H16O2/c1-8-4-2-5-9(11-8)6-3-7-10-9/h8H,2-7H2,1H3/t8-,9?/m1/s1. The summed E-state index contributed by atoms with van der Waals surface area (Å²) in [6, 6.07) is 0. The molecule has 1 spiro atoms. The van der Waals surface area contributed by atoms with E-state index >= 15 is 0 Å². The van der Waals surface area contributed by atoms with Gasteiger partial charge in [-0.2, -0.15) is 0 Å². The molecule has 2 saturated heterocycles. The van der Waals surface area contributed by atoms with E-state index in [9.17, 15) is 0 Å². The molecule has 2 nitrogen and oxygen atoms in total. The van der Waals surface area contributed by atoms with Crippen molar-refractivity contribution in [3.05, 3.63) is 0 Å². The SMILES string of the molecule is C[C@@H]1CCCC2(CCCO2)O1. The lowest BCUT2D eigenvalue weighted by atomic mass is 10.00. The number of ether oxygens (including phenoxy) is 2. The van der Waals surface area contributed by atoms with Crippen molar-refractivity contribution in [2.75, 3.05) is 6.61 Å². The normalized spacial score (nSPS) is 45.0. The Labute approximate surface area is 67.9 Å². The summed E-state index contributed by atoms with van der Waals surface area (Å²) in [6.07, 6.45) is 6.26. The lowest BCUT2D eigenvalue weighted by Gasteiger charge is -2.36. The van der Waals surface area contributed by atoms with Gasteiger partial charge in [0.05, 0.1) is 12.7 Å². The minimum atomic E-state index is -0.155. The van der Waals surface area contributed by atoms with Crippen molar-refractivity contribution >= 4 is 0 Å². The highest BCUT2D eigenvalue weighted by Gasteiger charge is 2.39. The first-order valence-corrected chi connectivity index (χ1v) is 4.63. The van der Waals surface area contributed by atoms with Crippen molar-refractivity contribution in [3.63, 3.8) is 0 Å². The molecule has 0 aromatic heterocycles. The maximum atomic E-state index is 5.81. The first-order valence-electron chi connectivity index (χ1n) is 4.63. The Morgan fingerprint density at radius 1 is 1.27 bits per heavy atom. The third-order valence-electron chi connectivity index (χ3n) is 2.65. The van der Waals surface area contributed by atoms with E-state index in [0.29, 0.717) is 6.10 Å². The van der Waals surface area contributed by atoms with Crippen LogP contribution < -0.4 is 0 Å². The number of hydrogen-bond acceptors (Lipinski definition) is 2. The lowest BCUT2D eigenvalue weighted by molar-refractivity contribution is -0.253. The van der Waals surface area contributed by atoms with Crippen molar-refractivity contribution in [1.29, 1.82) is 0 Å². The molecule has 0 radical (unpaired) electrons. The predicted octanol–water partition coefficient (Wildman–Crippen LogP) is 2.08. The first-order chi connectivity index (χ1) is 5.31. The summed E-state index contributed by atoms with van der Waals surface area (Å²) in [4.78, 5) is 0. The molecule has 0 N–H and O–H groups in total.